The smallest absolute Gasteiger partial charge is 0.338 e. The van der Waals surface area contributed by atoms with Crippen molar-refractivity contribution in [2.75, 3.05) is 5.84 Å². The molecule has 0 aliphatic carbocycles. The summed E-state index contributed by atoms with van der Waals surface area (Å²) < 4.78 is 14.6. The Balaban J connectivity index is 0.000000166. The summed E-state index contributed by atoms with van der Waals surface area (Å²) in [6.45, 7) is 2.00. The molecule has 3 N–H and O–H groups in total. The maximum atomic E-state index is 12.9. The van der Waals surface area contributed by atoms with Crippen molar-refractivity contribution in [2.24, 2.45) is 0 Å². The van der Waals surface area contributed by atoms with Crippen LogP contribution in [0.25, 0.3) is 22.3 Å². The SMILES string of the molecule is Cc1cc2ccccc2n1N.O=C(O)c1cnc(-c2cccc(F)c2)nc1. The Labute approximate surface area is 154 Å². The van der Waals surface area contributed by atoms with Gasteiger partial charge >= 0.3 is 5.97 Å². The van der Waals surface area contributed by atoms with Crippen molar-refractivity contribution in [3.05, 3.63) is 84.1 Å². The average Bonchev–Trinajstić information content (AvgIpc) is 2.97. The van der Waals surface area contributed by atoms with Gasteiger partial charge in [0.2, 0.25) is 0 Å². The van der Waals surface area contributed by atoms with Gasteiger partial charge < -0.3 is 10.9 Å². The minimum Gasteiger partial charge on any atom is -0.478 e. The Morgan fingerprint density at radius 3 is 2.41 bits per heavy atom. The zero-order valence-corrected chi connectivity index (χ0v) is 14.5. The van der Waals surface area contributed by atoms with E-state index in [0.29, 0.717) is 11.4 Å². The monoisotopic (exact) mass is 364 g/mol. The number of nitrogens with two attached hydrogens (primary N) is 1. The Bertz CT molecular complexity index is 1090. The number of para-hydroxylation sites is 1. The van der Waals surface area contributed by atoms with Crippen molar-refractivity contribution in [3.8, 4) is 11.4 Å². The summed E-state index contributed by atoms with van der Waals surface area (Å²) in [5.74, 6) is 4.57. The van der Waals surface area contributed by atoms with Gasteiger partial charge in [-0.05, 0) is 31.2 Å². The van der Waals surface area contributed by atoms with Gasteiger partial charge in [-0.3, -0.25) is 4.68 Å². The van der Waals surface area contributed by atoms with E-state index < -0.39 is 5.97 Å². The zero-order chi connectivity index (χ0) is 19.4. The van der Waals surface area contributed by atoms with Crippen molar-refractivity contribution < 1.29 is 14.3 Å². The summed E-state index contributed by atoms with van der Waals surface area (Å²) in [4.78, 5) is 18.3. The van der Waals surface area contributed by atoms with Crippen LogP contribution in [0.5, 0.6) is 0 Å². The largest absolute Gasteiger partial charge is 0.478 e. The van der Waals surface area contributed by atoms with Gasteiger partial charge in [0.05, 0.1) is 11.1 Å². The molecule has 0 aliphatic heterocycles. The number of aromatic nitrogens is 3. The number of halogens is 1. The number of rotatable bonds is 2. The van der Waals surface area contributed by atoms with E-state index in [2.05, 4.69) is 22.1 Å². The van der Waals surface area contributed by atoms with Gasteiger partial charge in [-0.1, -0.05) is 30.3 Å². The normalized spacial score (nSPS) is 10.3. The van der Waals surface area contributed by atoms with Crippen molar-refractivity contribution in [3.63, 3.8) is 0 Å². The van der Waals surface area contributed by atoms with Crippen LogP contribution in [0.3, 0.4) is 0 Å². The maximum Gasteiger partial charge on any atom is 0.338 e. The van der Waals surface area contributed by atoms with E-state index in [4.69, 9.17) is 10.9 Å². The Hall–Kier alpha value is -3.74. The summed E-state index contributed by atoms with van der Waals surface area (Å²) in [5, 5.41) is 9.85. The van der Waals surface area contributed by atoms with E-state index in [-0.39, 0.29) is 11.4 Å². The molecule has 4 rings (SSSR count). The Kier molecular flexibility index (Phi) is 5.12. The molecule has 0 bridgehead atoms. The van der Waals surface area contributed by atoms with Crippen molar-refractivity contribution in [1.29, 1.82) is 0 Å². The molecule has 4 aromatic rings. The molecule has 0 atom stereocenters. The number of carbonyl (C=O) groups is 1. The lowest BCUT2D eigenvalue weighted by Crippen LogP contribution is -2.08. The highest BCUT2D eigenvalue weighted by Gasteiger charge is 2.06. The molecule has 0 fully saturated rings. The van der Waals surface area contributed by atoms with Crippen molar-refractivity contribution in [1.82, 2.24) is 14.6 Å². The van der Waals surface area contributed by atoms with Gasteiger partial charge in [-0.25, -0.2) is 19.2 Å². The number of hydrogen-bond donors (Lipinski definition) is 2. The van der Waals surface area contributed by atoms with Gasteiger partial charge in [0.15, 0.2) is 5.82 Å². The first-order valence-electron chi connectivity index (χ1n) is 8.09. The maximum absolute atomic E-state index is 12.9. The molecule has 0 amide bonds. The number of aromatic carboxylic acids is 1. The molecule has 0 saturated carbocycles. The van der Waals surface area contributed by atoms with Crippen LogP contribution in [0.2, 0.25) is 0 Å². The third-order valence-electron chi connectivity index (χ3n) is 3.92. The van der Waals surface area contributed by atoms with Crippen LogP contribution < -0.4 is 5.84 Å². The molecule has 6 nitrogen and oxygen atoms in total. The molecule has 7 heteroatoms. The minimum atomic E-state index is -1.09. The second-order valence-electron chi connectivity index (χ2n) is 5.83. The van der Waals surface area contributed by atoms with Crippen molar-refractivity contribution >= 4 is 16.9 Å². The van der Waals surface area contributed by atoms with E-state index >= 15 is 0 Å². The van der Waals surface area contributed by atoms with Gasteiger partial charge in [0.1, 0.15) is 5.82 Å². The summed E-state index contributed by atoms with van der Waals surface area (Å²) in [6.07, 6.45) is 2.38. The standard InChI is InChI=1S/C11H7FN2O2.C9H10N2/c12-9-3-1-2-7(4-9)10-13-5-8(6-14-10)11(15)16;1-7-6-8-4-2-3-5-9(8)11(7)10/h1-6H,(H,15,16);2-6H,10H2,1H3. The van der Waals surface area contributed by atoms with Gasteiger partial charge in [-0.15, -0.1) is 0 Å². The number of hydrogen-bond acceptors (Lipinski definition) is 4. The van der Waals surface area contributed by atoms with Crippen LogP contribution in [0.15, 0.2) is 67.0 Å². The number of nitrogens with zero attached hydrogens (tertiary/aromatic N) is 3. The number of fused-ring (bicyclic) bond motifs is 1. The molecule has 0 aliphatic rings. The van der Waals surface area contributed by atoms with Crippen LogP contribution in [0, 0.1) is 12.7 Å². The summed E-state index contributed by atoms with van der Waals surface area (Å²) >= 11 is 0. The summed E-state index contributed by atoms with van der Waals surface area (Å²) in [7, 11) is 0. The van der Waals surface area contributed by atoms with E-state index in [1.54, 1.807) is 16.8 Å². The first-order chi connectivity index (χ1) is 13.0. The minimum absolute atomic E-state index is 0.000142. The lowest BCUT2D eigenvalue weighted by molar-refractivity contribution is 0.0696. The molecule has 0 radical (unpaired) electrons. The number of benzene rings is 2. The molecule has 136 valence electrons. The second kappa shape index (κ2) is 7.65. The lowest BCUT2D eigenvalue weighted by Gasteiger charge is -2.00. The molecule has 2 aromatic heterocycles. The fourth-order valence-electron chi connectivity index (χ4n) is 2.53. The first kappa shape index (κ1) is 18.1. The fourth-order valence-corrected chi connectivity index (χ4v) is 2.53. The number of nitrogen functional groups attached to an aromatic ring is 1. The van der Waals surface area contributed by atoms with E-state index in [0.717, 1.165) is 11.2 Å². The average molecular weight is 364 g/mol. The molecule has 0 spiro atoms. The second-order valence-corrected chi connectivity index (χ2v) is 5.83. The van der Waals surface area contributed by atoms with Crippen molar-refractivity contribution in [2.45, 2.75) is 6.92 Å². The molecule has 0 unspecified atom stereocenters. The third-order valence-corrected chi connectivity index (χ3v) is 3.92. The number of carboxylic acid groups (broad SMARTS) is 1. The quantitative estimate of drug-likeness (QED) is 0.530. The molecular weight excluding hydrogens is 347 g/mol. The van der Waals surface area contributed by atoms with Gasteiger partial charge in [-0.2, -0.15) is 0 Å². The third kappa shape index (κ3) is 4.09. The predicted octanol–water partition coefficient (Wildman–Crippen LogP) is 3.64. The van der Waals surface area contributed by atoms with E-state index in [9.17, 15) is 9.18 Å². The van der Waals surface area contributed by atoms with Gasteiger partial charge in [0.25, 0.3) is 0 Å². The molecule has 2 aromatic carbocycles. The van der Waals surface area contributed by atoms with Crippen LogP contribution in [-0.4, -0.2) is 25.7 Å². The highest BCUT2D eigenvalue weighted by atomic mass is 19.1. The first-order valence-corrected chi connectivity index (χ1v) is 8.09. The molecule has 0 saturated heterocycles. The van der Waals surface area contributed by atoms with Gasteiger partial charge in [0, 0.05) is 29.0 Å². The molecule has 2 heterocycles. The topological polar surface area (TPSA) is 94.0 Å². The summed E-state index contributed by atoms with van der Waals surface area (Å²) in [6, 6.07) is 16.0. The van der Waals surface area contributed by atoms with Crippen LogP contribution in [-0.2, 0) is 0 Å². The zero-order valence-electron chi connectivity index (χ0n) is 14.5. The number of aryl methyl sites for hydroxylation is 1. The van der Waals surface area contributed by atoms with Crippen LogP contribution in [0.1, 0.15) is 16.1 Å². The number of carboxylic acids is 1. The molecular formula is C20H17FN4O2. The fraction of sp³-hybridized carbons (Fsp3) is 0.0500. The Morgan fingerprint density at radius 1 is 1.07 bits per heavy atom. The molecule has 27 heavy (non-hydrogen) atoms. The lowest BCUT2D eigenvalue weighted by atomic mass is 10.2. The van der Waals surface area contributed by atoms with Crippen LogP contribution >= 0.6 is 0 Å². The van der Waals surface area contributed by atoms with Crippen LogP contribution in [0.4, 0.5) is 4.39 Å². The highest BCUT2D eigenvalue weighted by molar-refractivity contribution is 5.86. The highest BCUT2D eigenvalue weighted by Crippen LogP contribution is 2.16. The van der Waals surface area contributed by atoms with E-state index in [1.165, 1.54) is 29.9 Å². The summed E-state index contributed by atoms with van der Waals surface area (Å²) in [5.41, 5.74) is 2.69. The predicted molar refractivity (Wildman–Crippen MR) is 101 cm³/mol. The van der Waals surface area contributed by atoms with E-state index in [1.807, 2.05) is 25.1 Å². The Morgan fingerprint density at radius 2 is 1.78 bits per heavy atom.